The molecule has 2 amide bonds. The Balaban J connectivity index is 1.77. The Morgan fingerprint density at radius 3 is 2.62 bits per heavy atom. The Labute approximate surface area is 123 Å². The van der Waals surface area contributed by atoms with Gasteiger partial charge < -0.3 is 15.0 Å². The summed E-state index contributed by atoms with van der Waals surface area (Å²) in [5.41, 5.74) is 0.931. The van der Waals surface area contributed by atoms with Crippen LogP contribution in [0.2, 0.25) is 0 Å². The molecule has 1 fully saturated rings. The molecule has 6 nitrogen and oxygen atoms in total. The zero-order valence-electron chi connectivity index (χ0n) is 12.0. The molecule has 0 radical (unpaired) electrons. The van der Waals surface area contributed by atoms with E-state index < -0.39 is 0 Å². The quantitative estimate of drug-likeness (QED) is 0.855. The highest BCUT2D eigenvalue weighted by Gasteiger charge is 2.23. The van der Waals surface area contributed by atoms with Gasteiger partial charge in [-0.05, 0) is 36.6 Å². The molecule has 1 aliphatic rings. The molecule has 112 valence electrons. The molecule has 0 atom stereocenters. The molecular weight excluding hydrogens is 270 g/mol. The van der Waals surface area contributed by atoms with Gasteiger partial charge in [0.05, 0.1) is 7.11 Å². The zero-order chi connectivity index (χ0) is 15.1. The van der Waals surface area contributed by atoms with Crippen molar-refractivity contribution < 1.29 is 14.3 Å². The minimum Gasteiger partial charge on any atom is -0.453 e. The molecule has 21 heavy (non-hydrogen) atoms. The lowest BCUT2D eigenvalue weighted by Crippen LogP contribution is -2.46. The van der Waals surface area contributed by atoms with Crippen LogP contribution in [0.1, 0.15) is 18.4 Å². The smallest absolute Gasteiger partial charge is 0.409 e. The van der Waals surface area contributed by atoms with Crippen LogP contribution in [-0.2, 0) is 9.53 Å². The van der Waals surface area contributed by atoms with E-state index in [0.29, 0.717) is 13.1 Å². The zero-order valence-corrected chi connectivity index (χ0v) is 12.0. The number of piperidine rings is 1. The summed E-state index contributed by atoms with van der Waals surface area (Å²) in [4.78, 5) is 28.8. The van der Waals surface area contributed by atoms with Crippen molar-refractivity contribution in [1.82, 2.24) is 15.2 Å². The Hall–Kier alpha value is -2.37. The first-order valence-electron chi connectivity index (χ1n) is 6.90. The van der Waals surface area contributed by atoms with E-state index in [4.69, 9.17) is 0 Å². The normalized spacial score (nSPS) is 16.0. The summed E-state index contributed by atoms with van der Waals surface area (Å²) in [6.07, 6.45) is 7.80. The Morgan fingerprint density at radius 1 is 1.33 bits per heavy atom. The number of methoxy groups -OCH3 is 1. The van der Waals surface area contributed by atoms with Gasteiger partial charge in [0.15, 0.2) is 0 Å². The van der Waals surface area contributed by atoms with Gasteiger partial charge in [-0.2, -0.15) is 0 Å². The maximum Gasteiger partial charge on any atom is 0.409 e. The number of amides is 2. The molecule has 2 heterocycles. The van der Waals surface area contributed by atoms with E-state index >= 15 is 0 Å². The van der Waals surface area contributed by atoms with E-state index in [-0.39, 0.29) is 18.0 Å². The number of nitrogens with zero attached hydrogens (tertiary/aromatic N) is 2. The van der Waals surface area contributed by atoms with Crippen LogP contribution in [-0.4, -0.2) is 48.1 Å². The van der Waals surface area contributed by atoms with Gasteiger partial charge in [-0.15, -0.1) is 0 Å². The van der Waals surface area contributed by atoms with Gasteiger partial charge >= 0.3 is 6.09 Å². The van der Waals surface area contributed by atoms with Crippen LogP contribution in [0.3, 0.4) is 0 Å². The molecule has 0 saturated carbocycles. The first kappa shape index (κ1) is 15.0. The molecule has 1 aromatic heterocycles. The van der Waals surface area contributed by atoms with E-state index in [1.165, 1.54) is 13.2 Å². The number of hydrogen-bond donors (Lipinski definition) is 1. The molecule has 0 unspecified atom stereocenters. The van der Waals surface area contributed by atoms with Crippen molar-refractivity contribution in [3.8, 4) is 0 Å². The fourth-order valence-electron chi connectivity index (χ4n) is 2.23. The second-order valence-corrected chi connectivity index (χ2v) is 4.85. The van der Waals surface area contributed by atoms with Crippen LogP contribution in [0.4, 0.5) is 4.79 Å². The largest absolute Gasteiger partial charge is 0.453 e. The molecule has 6 heteroatoms. The predicted octanol–water partition coefficient (Wildman–Crippen LogP) is 1.44. The van der Waals surface area contributed by atoms with E-state index in [1.807, 2.05) is 12.1 Å². The first-order valence-corrected chi connectivity index (χ1v) is 6.90. The number of rotatable bonds is 3. The third-order valence-electron chi connectivity index (χ3n) is 3.41. The van der Waals surface area contributed by atoms with Gasteiger partial charge in [0.1, 0.15) is 0 Å². The highest BCUT2D eigenvalue weighted by Crippen LogP contribution is 2.11. The Morgan fingerprint density at radius 2 is 2.00 bits per heavy atom. The number of aromatic nitrogens is 1. The van der Waals surface area contributed by atoms with Crippen LogP contribution in [0, 0.1) is 0 Å². The predicted molar refractivity (Wildman–Crippen MR) is 78.4 cm³/mol. The summed E-state index contributed by atoms with van der Waals surface area (Å²) in [5.74, 6) is -0.122. The molecule has 1 N–H and O–H groups in total. The van der Waals surface area contributed by atoms with Crippen molar-refractivity contribution in [2.24, 2.45) is 0 Å². The minimum atomic E-state index is -0.308. The number of nitrogens with one attached hydrogen (secondary N) is 1. The highest BCUT2D eigenvalue weighted by atomic mass is 16.5. The Kier molecular flexibility index (Phi) is 5.31. The second kappa shape index (κ2) is 7.42. The number of likely N-dealkylation sites (tertiary alicyclic amines) is 1. The average molecular weight is 289 g/mol. The summed E-state index contributed by atoms with van der Waals surface area (Å²) in [6.45, 7) is 1.21. The van der Waals surface area contributed by atoms with E-state index in [9.17, 15) is 9.59 Å². The van der Waals surface area contributed by atoms with Gasteiger partial charge in [-0.1, -0.05) is 0 Å². The standard InChI is InChI=1S/C15H19N3O3/c1-21-15(20)18-10-6-13(7-11-18)17-14(19)3-2-12-4-8-16-9-5-12/h2-5,8-9,13H,6-7,10-11H2,1H3,(H,17,19)/b3-2+. The lowest BCUT2D eigenvalue weighted by Gasteiger charge is -2.31. The van der Waals surface area contributed by atoms with Gasteiger partial charge in [0.2, 0.25) is 5.91 Å². The fraction of sp³-hybridized carbons (Fsp3) is 0.400. The first-order chi connectivity index (χ1) is 10.2. The van der Waals surface area contributed by atoms with Crippen LogP contribution in [0.15, 0.2) is 30.6 Å². The van der Waals surface area contributed by atoms with Crippen molar-refractivity contribution in [2.45, 2.75) is 18.9 Å². The summed E-state index contributed by atoms with van der Waals surface area (Å²) in [6, 6.07) is 3.76. The lowest BCUT2D eigenvalue weighted by atomic mass is 10.1. The van der Waals surface area contributed by atoms with Crippen LogP contribution in [0.25, 0.3) is 6.08 Å². The molecule has 0 spiro atoms. The van der Waals surface area contributed by atoms with Crippen molar-refractivity contribution in [2.75, 3.05) is 20.2 Å². The van der Waals surface area contributed by atoms with Gasteiger partial charge in [0, 0.05) is 37.6 Å². The van der Waals surface area contributed by atoms with Crippen molar-refractivity contribution in [3.63, 3.8) is 0 Å². The van der Waals surface area contributed by atoms with Crippen LogP contribution >= 0.6 is 0 Å². The number of carbonyl (C=O) groups is 2. The fourth-order valence-corrected chi connectivity index (χ4v) is 2.23. The van der Waals surface area contributed by atoms with Crippen molar-refractivity contribution in [1.29, 1.82) is 0 Å². The topological polar surface area (TPSA) is 71.5 Å². The maximum atomic E-state index is 11.8. The molecule has 1 saturated heterocycles. The lowest BCUT2D eigenvalue weighted by molar-refractivity contribution is -0.117. The van der Waals surface area contributed by atoms with Crippen molar-refractivity contribution in [3.05, 3.63) is 36.2 Å². The van der Waals surface area contributed by atoms with Crippen LogP contribution in [0.5, 0.6) is 0 Å². The molecule has 1 aromatic rings. The van der Waals surface area contributed by atoms with E-state index in [2.05, 4.69) is 15.0 Å². The monoisotopic (exact) mass is 289 g/mol. The summed E-state index contributed by atoms with van der Waals surface area (Å²) in [5, 5.41) is 2.95. The number of carbonyl (C=O) groups excluding carboxylic acids is 2. The molecule has 0 aliphatic carbocycles. The van der Waals surface area contributed by atoms with E-state index in [0.717, 1.165) is 18.4 Å². The SMILES string of the molecule is COC(=O)N1CCC(NC(=O)/C=C/c2ccncc2)CC1. The number of ether oxygens (including phenoxy) is 1. The van der Waals surface area contributed by atoms with Gasteiger partial charge in [0.25, 0.3) is 0 Å². The third-order valence-corrected chi connectivity index (χ3v) is 3.41. The minimum absolute atomic E-state index is 0.0977. The molecule has 0 aromatic carbocycles. The van der Waals surface area contributed by atoms with Crippen molar-refractivity contribution >= 4 is 18.1 Å². The molecule has 0 bridgehead atoms. The number of pyridine rings is 1. The van der Waals surface area contributed by atoms with E-state index in [1.54, 1.807) is 23.4 Å². The summed E-state index contributed by atoms with van der Waals surface area (Å²) < 4.78 is 4.68. The van der Waals surface area contributed by atoms with Gasteiger partial charge in [-0.3, -0.25) is 9.78 Å². The molecule has 2 rings (SSSR count). The molecule has 1 aliphatic heterocycles. The third kappa shape index (κ3) is 4.59. The Bertz CT molecular complexity index is 508. The maximum absolute atomic E-state index is 11.8. The summed E-state index contributed by atoms with van der Waals surface area (Å²) >= 11 is 0. The number of hydrogen-bond acceptors (Lipinski definition) is 4. The second-order valence-electron chi connectivity index (χ2n) is 4.85. The van der Waals surface area contributed by atoms with Gasteiger partial charge in [-0.25, -0.2) is 4.79 Å². The summed E-state index contributed by atoms with van der Waals surface area (Å²) in [7, 11) is 1.38. The highest BCUT2D eigenvalue weighted by molar-refractivity contribution is 5.91. The molecular formula is C15H19N3O3. The average Bonchev–Trinajstić information content (AvgIpc) is 2.54. The van der Waals surface area contributed by atoms with Crippen LogP contribution < -0.4 is 5.32 Å².